The van der Waals surface area contributed by atoms with Gasteiger partial charge in [0, 0.05) is 4.47 Å². The lowest BCUT2D eigenvalue weighted by molar-refractivity contribution is -0.117. The number of hydrogen-bond donors (Lipinski definition) is 2. The predicted octanol–water partition coefficient (Wildman–Crippen LogP) is 2.99. The van der Waals surface area contributed by atoms with Crippen LogP contribution >= 0.6 is 39.1 Å². The van der Waals surface area contributed by atoms with Crippen LogP contribution in [0.3, 0.4) is 0 Å². The van der Waals surface area contributed by atoms with Gasteiger partial charge in [0.15, 0.2) is 0 Å². The molecular weight excluding hydrogens is 319 g/mol. The third-order valence-corrected chi connectivity index (χ3v) is 2.62. The van der Waals surface area contributed by atoms with Crippen LogP contribution in [0.2, 0.25) is 5.02 Å². The van der Waals surface area contributed by atoms with Crippen LogP contribution in [0.5, 0.6) is 0 Å². The normalized spacial score (nSPS) is 9.69. The van der Waals surface area contributed by atoms with Gasteiger partial charge in [-0.3, -0.25) is 10.1 Å². The summed E-state index contributed by atoms with van der Waals surface area (Å²) in [5, 5.41) is 4.83. The van der Waals surface area contributed by atoms with Gasteiger partial charge in [-0.15, -0.1) is 11.6 Å². The number of carbonyl (C=O) groups is 2. The summed E-state index contributed by atoms with van der Waals surface area (Å²) in [6, 6.07) is 4.29. The van der Waals surface area contributed by atoms with Gasteiger partial charge in [0.1, 0.15) is 5.88 Å². The van der Waals surface area contributed by atoms with E-state index in [0.717, 1.165) is 4.47 Å². The molecule has 0 aliphatic rings. The molecule has 0 aliphatic heterocycles. The number of benzene rings is 1. The first-order chi connectivity index (χ1) is 7.52. The lowest BCUT2D eigenvalue weighted by atomic mass is 10.3. The number of carbonyl (C=O) groups excluding carboxylic acids is 2. The maximum Gasteiger partial charge on any atom is 0.325 e. The van der Waals surface area contributed by atoms with Crippen LogP contribution in [0.15, 0.2) is 22.7 Å². The van der Waals surface area contributed by atoms with E-state index in [9.17, 15) is 9.59 Å². The number of imide groups is 1. The number of anilines is 1. The molecule has 0 radical (unpaired) electrons. The Labute approximate surface area is 110 Å². The minimum atomic E-state index is -0.675. The fourth-order valence-corrected chi connectivity index (χ4v) is 1.50. The first kappa shape index (κ1) is 13.3. The molecule has 2 N–H and O–H groups in total. The third kappa shape index (κ3) is 4.00. The first-order valence-electron chi connectivity index (χ1n) is 4.15. The Balaban J connectivity index is 2.69. The molecule has 1 rings (SSSR count). The van der Waals surface area contributed by atoms with Gasteiger partial charge >= 0.3 is 6.03 Å². The molecule has 0 fully saturated rings. The second kappa shape index (κ2) is 6.08. The minimum absolute atomic E-state index is 0.278. The van der Waals surface area contributed by atoms with Gasteiger partial charge in [-0.05, 0) is 18.2 Å². The third-order valence-electron chi connectivity index (χ3n) is 1.55. The van der Waals surface area contributed by atoms with Crippen molar-refractivity contribution in [3.05, 3.63) is 27.7 Å². The van der Waals surface area contributed by atoms with E-state index in [-0.39, 0.29) is 5.88 Å². The molecule has 1 aromatic rings. The molecule has 0 bridgehead atoms. The van der Waals surface area contributed by atoms with Crippen molar-refractivity contribution in [3.8, 4) is 0 Å². The van der Waals surface area contributed by atoms with Crippen molar-refractivity contribution in [1.29, 1.82) is 0 Å². The number of halogens is 3. The molecule has 0 unspecified atom stereocenters. The Morgan fingerprint density at radius 3 is 2.69 bits per heavy atom. The van der Waals surface area contributed by atoms with E-state index >= 15 is 0 Å². The SMILES string of the molecule is O=C(CCl)NC(=O)Nc1cc(Br)ccc1Cl. The van der Waals surface area contributed by atoms with Gasteiger partial charge < -0.3 is 5.32 Å². The van der Waals surface area contributed by atoms with Crippen molar-refractivity contribution in [1.82, 2.24) is 5.32 Å². The topological polar surface area (TPSA) is 58.2 Å². The van der Waals surface area contributed by atoms with Crippen LogP contribution in [-0.4, -0.2) is 17.8 Å². The number of alkyl halides is 1. The van der Waals surface area contributed by atoms with E-state index < -0.39 is 11.9 Å². The summed E-state index contributed by atoms with van der Waals surface area (Å²) in [5.41, 5.74) is 0.399. The Morgan fingerprint density at radius 2 is 2.06 bits per heavy atom. The maximum atomic E-state index is 11.3. The van der Waals surface area contributed by atoms with Crippen LogP contribution in [-0.2, 0) is 4.79 Å². The zero-order chi connectivity index (χ0) is 12.1. The van der Waals surface area contributed by atoms with Crippen LogP contribution in [0, 0.1) is 0 Å². The summed E-state index contributed by atoms with van der Waals surface area (Å²) >= 11 is 14.3. The summed E-state index contributed by atoms with van der Waals surface area (Å²) in [6.07, 6.45) is 0. The molecule has 0 spiro atoms. The fraction of sp³-hybridized carbons (Fsp3) is 0.111. The molecule has 0 saturated carbocycles. The number of urea groups is 1. The minimum Gasteiger partial charge on any atom is -0.306 e. The largest absolute Gasteiger partial charge is 0.325 e. The molecule has 0 saturated heterocycles. The molecule has 0 aliphatic carbocycles. The molecule has 16 heavy (non-hydrogen) atoms. The van der Waals surface area contributed by atoms with E-state index in [4.69, 9.17) is 23.2 Å². The Morgan fingerprint density at radius 1 is 1.38 bits per heavy atom. The molecule has 7 heteroatoms. The van der Waals surface area contributed by atoms with Crippen molar-refractivity contribution in [2.24, 2.45) is 0 Å². The Kier molecular flexibility index (Phi) is 5.05. The van der Waals surface area contributed by atoms with E-state index in [2.05, 4.69) is 21.2 Å². The van der Waals surface area contributed by atoms with Crippen LogP contribution in [0.4, 0.5) is 10.5 Å². The molecular formula is C9H7BrCl2N2O2. The monoisotopic (exact) mass is 324 g/mol. The first-order valence-corrected chi connectivity index (χ1v) is 5.85. The van der Waals surface area contributed by atoms with Crippen molar-refractivity contribution < 1.29 is 9.59 Å². The quantitative estimate of drug-likeness (QED) is 0.821. The van der Waals surface area contributed by atoms with Crippen molar-refractivity contribution >= 4 is 56.8 Å². The second-order valence-electron chi connectivity index (χ2n) is 2.76. The maximum absolute atomic E-state index is 11.3. The highest BCUT2D eigenvalue weighted by atomic mass is 79.9. The van der Waals surface area contributed by atoms with Gasteiger partial charge in [0.25, 0.3) is 0 Å². The Hall–Kier alpha value is -0.780. The molecule has 0 aromatic heterocycles. The van der Waals surface area contributed by atoms with Gasteiger partial charge in [-0.2, -0.15) is 0 Å². The predicted molar refractivity (Wildman–Crippen MR) is 67.0 cm³/mol. The summed E-state index contributed by atoms with van der Waals surface area (Å²) in [7, 11) is 0. The lowest BCUT2D eigenvalue weighted by Gasteiger charge is -2.07. The van der Waals surface area contributed by atoms with Crippen LogP contribution in [0.1, 0.15) is 0 Å². The van der Waals surface area contributed by atoms with Crippen molar-refractivity contribution in [2.75, 3.05) is 11.2 Å². The smallest absolute Gasteiger partial charge is 0.306 e. The molecule has 1 aromatic carbocycles. The van der Waals surface area contributed by atoms with Gasteiger partial charge in [-0.1, -0.05) is 27.5 Å². The highest BCUT2D eigenvalue weighted by molar-refractivity contribution is 9.10. The van der Waals surface area contributed by atoms with E-state index in [0.29, 0.717) is 10.7 Å². The summed E-state index contributed by atoms with van der Waals surface area (Å²) < 4.78 is 0.760. The molecule has 3 amide bonds. The molecule has 4 nitrogen and oxygen atoms in total. The van der Waals surface area contributed by atoms with E-state index in [1.165, 1.54) is 0 Å². The number of hydrogen-bond acceptors (Lipinski definition) is 2. The van der Waals surface area contributed by atoms with E-state index in [1.54, 1.807) is 18.2 Å². The molecule has 0 heterocycles. The average Bonchev–Trinajstić information content (AvgIpc) is 2.23. The van der Waals surface area contributed by atoms with Crippen molar-refractivity contribution in [3.63, 3.8) is 0 Å². The highest BCUT2D eigenvalue weighted by Gasteiger charge is 2.08. The fourth-order valence-electron chi connectivity index (χ4n) is 0.907. The molecule has 86 valence electrons. The highest BCUT2D eigenvalue weighted by Crippen LogP contribution is 2.25. The zero-order valence-corrected chi connectivity index (χ0v) is 11.0. The zero-order valence-electron chi connectivity index (χ0n) is 7.89. The summed E-state index contributed by atoms with van der Waals surface area (Å²) in [6.45, 7) is 0. The number of amides is 3. The second-order valence-corrected chi connectivity index (χ2v) is 4.35. The number of nitrogens with one attached hydrogen (secondary N) is 2. The summed E-state index contributed by atoms with van der Waals surface area (Å²) in [4.78, 5) is 22.1. The summed E-state index contributed by atoms with van der Waals surface area (Å²) in [5.74, 6) is -0.857. The van der Waals surface area contributed by atoms with Crippen LogP contribution < -0.4 is 10.6 Å². The van der Waals surface area contributed by atoms with Gasteiger partial charge in [-0.25, -0.2) is 4.79 Å². The number of rotatable bonds is 2. The van der Waals surface area contributed by atoms with Crippen molar-refractivity contribution in [2.45, 2.75) is 0 Å². The molecule has 0 atom stereocenters. The van der Waals surface area contributed by atoms with Gasteiger partial charge in [0.2, 0.25) is 5.91 Å². The Bertz CT molecular complexity index is 426. The van der Waals surface area contributed by atoms with Crippen LogP contribution in [0.25, 0.3) is 0 Å². The standard InChI is InChI=1S/C9H7BrCl2N2O2/c10-5-1-2-6(12)7(3-5)13-9(16)14-8(15)4-11/h1-3H,4H2,(H2,13,14,15,16). The average molecular weight is 326 g/mol. The van der Waals surface area contributed by atoms with Gasteiger partial charge in [0.05, 0.1) is 10.7 Å². The van der Waals surface area contributed by atoms with E-state index in [1.807, 2.05) is 5.32 Å². The lowest BCUT2D eigenvalue weighted by Crippen LogP contribution is -2.35.